The number of ether oxygens (including phenoxy) is 1. The van der Waals surface area contributed by atoms with E-state index in [0.29, 0.717) is 23.8 Å². The Hall–Kier alpha value is -4.07. The van der Waals surface area contributed by atoms with E-state index in [0.717, 1.165) is 21.6 Å². The van der Waals surface area contributed by atoms with Gasteiger partial charge in [0.15, 0.2) is 0 Å². The molecular weight excluding hydrogens is 468 g/mol. The molecule has 0 aliphatic carbocycles. The van der Waals surface area contributed by atoms with Crippen molar-refractivity contribution in [3.63, 3.8) is 0 Å². The lowest BCUT2D eigenvalue weighted by Gasteiger charge is -2.37. The lowest BCUT2D eigenvalue weighted by Crippen LogP contribution is -2.44. The molecule has 0 bridgehead atoms. The van der Waals surface area contributed by atoms with Crippen molar-refractivity contribution in [3.05, 3.63) is 137 Å². The molecule has 180 valence electrons. The number of hydrogen-bond donors (Lipinski definition) is 1. The maximum Gasteiger partial charge on any atom is 0.341 e. The Labute approximate surface area is 214 Å². The molecule has 0 amide bonds. The number of carbonyl (C=O) groups excluding carboxylic acids is 1. The second-order valence-corrected chi connectivity index (χ2v) is 9.30. The lowest BCUT2D eigenvalue weighted by molar-refractivity contribution is 0.0526. The van der Waals surface area contributed by atoms with Gasteiger partial charge in [0.2, 0.25) is 5.13 Å². The quantitative estimate of drug-likeness (QED) is 0.214. The third-order valence-electron chi connectivity index (χ3n) is 5.98. The van der Waals surface area contributed by atoms with E-state index in [1.165, 1.54) is 17.5 Å². The molecule has 6 nitrogen and oxygen atoms in total. The van der Waals surface area contributed by atoms with Gasteiger partial charge in [-0.1, -0.05) is 102 Å². The summed E-state index contributed by atoms with van der Waals surface area (Å²) in [4.78, 5) is 17.6. The van der Waals surface area contributed by atoms with Crippen LogP contribution in [0.25, 0.3) is 5.13 Å². The number of nitrogens with zero attached hydrogens (tertiary/aromatic N) is 3. The van der Waals surface area contributed by atoms with Crippen LogP contribution in [0.5, 0.6) is 0 Å². The molecule has 0 fully saturated rings. The Morgan fingerprint density at radius 3 is 1.97 bits per heavy atom. The van der Waals surface area contributed by atoms with Crippen LogP contribution >= 0.6 is 11.3 Å². The van der Waals surface area contributed by atoms with Crippen LogP contribution in [0.15, 0.2) is 110 Å². The molecule has 7 heteroatoms. The third kappa shape index (κ3) is 4.71. The fraction of sp³-hybridized carbons (Fsp3) is 0.138. The van der Waals surface area contributed by atoms with Crippen LogP contribution in [0.3, 0.4) is 0 Å². The van der Waals surface area contributed by atoms with Gasteiger partial charge in [-0.3, -0.25) is 5.32 Å². The van der Waals surface area contributed by atoms with Crippen molar-refractivity contribution in [2.24, 2.45) is 0 Å². The highest BCUT2D eigenvalue weighted by Crippen LogP contribution is 2.37. The predicted octanol–water partition coefficient (Wildman–Crippen LogP) is 5.59. The van der Waals surface area contributed by atoms with E-state index in [-0.39, 0.29) is 5.97 Å². The number of hydrogen-bond acceptors (Lipinski definition) is 6. The van der Waals surface area contributed by atoms with Crippen molar-refractivity contribution < 1.29 is 9.53 Å². The van der Waals surface area contributed by atoms with E-state index in [2.05, 4.69) is 88.2 Å². The van der Waals surface area contributed by atoms with Gasteiger partial charge < -0.3 is 4.74 Å². The van der Waals surface area contributed by atoms with Crippen LogP contribution in [0.4, 0.5) is 0 Å². The number of aromatic nitrogens is 3. The first-order valence-corrected chi connectivity index (χ1v) is 12.6. The maximum atomic E-state index is 12.0. The minimum Gasteiger partial charge on any atom is -0.462 e. The molecule has 2 heterocycles. The number of nitrogens with one attached hydrogen (secondary N) is 1. The van der Waals surface area contributed by atoms with Crippen molar-refractivity contribution in [3.8, 4) is 5.13 Å². The highest BCUT2D eigenvalue weighted by atomic mass is 32.1. The number of carbonyl (C=O) groups is 1. The summed E-state index contributed by atoms with van der Waals surface area (Å²) in [6, 6.07) is 31.5. The van der Waals surface area contributed by atoms with E-state index in [1.807, 2.05) is 24.4 Å². The predicted molar refractivity (Wildman–Crippen MR) is 141 cm³/mol. The Morgan fingerprint density at radius 2 is 1.44 bits per heavy atom. The monoisotopic (exact) mass is 494 g/mol. The Balaban J connectivity index is 1.48. The van der Waals surface area contributed by atoms with Crippen molar-refractivity contribution in [2.45, 2.75) is 19.0 Å². The summed E-state index contributed by atoms with van der Waals surface area (Å²) in [6.45, 7) is 2.69. The van der Waals surface area contributed by atoms with Gasteiger partial charge in [-0.05, 0) is 23.6 Å². The standard InChI is InChI=1S/C29H26N4O2S/c1-2-35-27(34)22-18-32-33(21-22)28-30-19-26(36-28)20-31-29(23-12-6-3-7-13-23,24-14-8-4-9-15-24)25-16-10-5-11-17-25/h3-19,21,31H,2,20H2,1H3. The second kappa shape index (κ2) is 10.7. The number of rotatable bonds is 9. The average Bonchev–Trinajstić information content (AvgIpc) is 3.61. The van der Waals surface area contributed by atoms with Gasteiger partial charge in [0.1, 0.15) is 0 Å². The summed E-state index contributed by atoms with van der Waals surface area (Å²) in [5, 5.41) is 8.86. The van der Waals surface area contributed by atoms with Crippen molar-refractivity contribution in [1.82, 2.24) is 20.1 Å². The van der Waals surface area contributed by atoms with Crippen molar-refractivity contribution in [2.75, 3.05) is 6.61 Å². The summed E-state index contributed by atoms with van der Waals surface area (Å²) in [5.74, 6) is -0.388. The van der Waals surface area contributed by atoms with Gasteiger partial charge in [-0.2, -0.15) is 5.10 Å². The van der Waals surface area contributed by atoms with E-state index >= 15 is 0 Å². The minimum atomic E-state index is -0.559. The highest BCUT2D eigenvalue weighted by Gasteiger charge is 2.35. The molecule has 3 aromatic carbocycles. The second-order valence-electron chi connectivity index (χ2n) is 8.20. The molecule has 0 aliphatic heterocycles. The van der Waals surface area contributed by atoms with E-state index in [9.17, 15) is 4.79 Å². The van der Waals surface area contributed by atoms with Gasteiger partial charge in [0.25, 0.3) is 0 Å². The number of esters is 1. The van der Waals surface area contributed by atoms with Crippen molar-refractivity contribution in [1.29, 1.82) is 0 Å². The molecule has 0 unspecified atom stereocenters. The van der Waals surface area contributed by atoms with Crippen LogP contribution in [0.1, 0.15) is 38.8 Å². The SMILES string of the molecule is CCOC(=O)c1cnn(-c2ncc(CNC(c3ccccc3)(c3ccccc3)c3ccccc3)s2)c1. The van der Waals surface area contributed by atoms with E-state index in [4.69, 9.17) is 4.74 Å². The van der Waals surface area contributed by atoms with Gasteiger partial charge in [-0.15, -0.1) is 0 Å². The third-order valence-corrected chi connectivity index (χ3v) is 6.97. The summed E-state index contributed by atoms with van der Waals surface area (Å²) in [5.41, 5.74) is 3.30. The Kier molecular flexibility index (Phi) is 7.02. The molecule has 36 heavy (non-hydrogen) atoms. The normalized spacial score (nSPS) is 11.4. The molecular formula is C29H26N4O2S. The molecule has 0 saturated carbocycles. The fourth-order valence-corrected chi connectivity index (χ4v) is 5.11. The summed E-state index contributed by atoms with van der Waals surface area (Å²) < 4.78 is 6.68. The smallest absolute Gasteiger partial charge is 0.341 e. The highest BCUT2D eigenvalue weighted by molar-refractivity contribution is 7.14. The first kappa shape index (κ1) is 23.7. The first-order chi connectivity index (χ1) is 17.7. The molecule has 0 spiro atoms. The van der Waals surface area contributed by atoms with Crippen LogP contribution in [-0.2, 0) is 16.8 Å². The van der Waals surface area contributed by atoms with Gasteiger partial charge in [0, 0.05) is 23.8 Å². The van der Waals surface area contributed by atoms with Crippen molar-refractivity contribution >= 4 is 17.3 Å². The van der Waals surface area contributed by atoms with Crippen LogP contribution in [0, 0.1) is 0 Å². The zero-order valence-corrected chi connectivity index (χ0v) is 20.7. The summed E-state index contributed by atoms with van der Waals surface area (Å²) in [7, 11) is 0. The first-order valence-electron chi connectivity index (χ1n) is 11.8. The zero-order chi connectivity index (χ0) is 24.8. The molecule has 0 radical (unpaired) electrons. The lowest BCUT2D eigenvalue weighted by atomic mass is 9.77. The van der Waals surface area contributed by atoms with Gasteiger partial charge in [-0.25, -0.2) is 14.5 Å². The molecule has 0 atom stereocenters. The number of thiazole rings is 1. The topological polar surface area (TPSA) is 69.0 Å². The summed E-state index contributed by atoms with van der Waals surface area (Å²) in [6.07, 6.45) is 5.00. The van der Waals surface area contributed by atoms with E-state index in [1.54, 1.807) is 17.8 Å². The van der Waals surface area contributed by atoms with Gasteiger partial charge in [0.05, 0.1) is 23.9 Å². The zero-order valence-electron chi connectivity index (χ0n) is 19.9. The summed E-state index contributed by atoms with van der Waals surface area (Å²) >= 11 is 1.53. The number of benzene rings is 3. The molecule has 5 aromatic rings. The van der Waals surface area contributed by atoms with Crippen LogP contribution in [-0.4, -0.2) is 27.3 Å². The fourth-order valence-electron chi connectivity index (χ4n) is 4.32. The Bertz CT molecular complexity index is 1320. The van der Waals surface area contributed by atoms with E-state index < -0.39 is 5.54 Å². The largest absolute Gasteiger partial charge is 0.462 e. The molecule has 2 aromatic heterocycles. The Morgan fingerprint density at radius 1 is 0.889 bits per heavy atom. The molecule has 0 saturated heterocycles. The minimum absolute atomic E-state index is 0.322. The molecule has 0 aliphatic rings. The van der Waals surface area contributed by atoms with Crippen LogP contribution < -0.4 is 5.32 Å². The molecule has 1 N–H and O–H groups in total. The van der Waals surface area contributed by atoms with Gasteiger partial charge >= 0.3 is 5.97 Å². The van der Waals surface area contributed by atoms with Crippen LogP contribution in [0.2, 0.25) is 0 Å². The maximum absolute atomic E-state index is 12.0. The average molecular weight is 495 g/mol. The molecule has 5 rings (SSSR count).